The standard InChI is InChI=1S/C11H16N6O3S/c1-6-9(7(2)17(4)14-6)11(18)13-10-8(21(12,19)20)5-16(3)15-10/h5H,1-4H3,(H2,12,19,20)(H,13,15,18). The minimum absolute atomic E-state index is 0.104. The summed E-state index contributed by atoms with van der Waals surface area (Å²) in [7, 11) is -0.724. The number of nitrogens with two attached hydrogens (primary N) is 1. The number of rotatable bonds is 3. The monoisotopic (exact) mass is 312 g/mol. The maximum Gasteiger partial charge on any atom is 0.260 e. The Hall–Kier alpha value is -2.20. The average Bonchev–Trinajstić information content (AvgIpc) is 2.80. The van der Waals surface area contributed by atoms with E-state index in [9.17, 15) is 13.2 Å². The van der Waals surface area contributed by atoms with Crippen LogP contribution in [0.2, 0.25) is 0 Å². The topological polar surface area (TPSA) is 125 Å². The summed E-state index contributed by atoms with van der Waals surface area (Å²) < 4.78 is 25.8. The van der Waals surface area contributed by atoms with Crippen molar-refractivity contribution in [2.24, 2.45) is 19.2 Å². The highest BCUT2D eigenvalue weighted by Gasteiger charge is 2.23. The number of primary sulfonamides is 1. The van der Waals surface area contributed by atoms with Crippen LogP contribution >= 0.6 is 0 Å². The Morgan fingerprint density at radius 1 is 1.29 bits per heavy atom. The van der Waals surface area contributed by atoms with E-state index >= 15 is 0 Å². The molecule has 3 N–H and O–H groups in total. The van der Waals surface area contributed by atoms with Crippen LogP contribution in [-0.2, 0) is 24.1 Å². The van der Waals surface area contributed by atoms with Crippen LogP contribution in [0, 0.1) is 13.8 Å². The highest BCUT2D eigenvalue weighted by Crippen LogP contribution is 2.20. The van der Waals surface area contributed by atoms with E-state index in [-0.39, 0.29) is 10.7 Å². The predicted octanol–water partition coefficient (Wildman–Crippen LogP) is -0.330. The number of anilines is 1. The van der Waals surface area contributed by atoms with Crippen LogP contribution < -0.4 is 10.5 Å². The largest absolute Gasteiger partial charge is 0.304 e. The molecule has 0 aliphatic rings. The number of hydrogen-bond acceptors (Lipinski definition) is 5. The number of carbonyl (C=O) groups excluding carboxylic acids is 1. The molecule has 1 amide bonds. The van der Waals surface area contributed by atoms with Gasteiger partial charge in [-0.15, -0.1) is 0 Å². The molecular formula is C11H16N6O3S. The summed E-state index contributed by atoms with van der Waals surface area (Å²) in [6.07, 6.45) is 1.23. The third-order valence-electron chi connectivity index (χ3n) is 3.07. The molecule has 0 fully saturated rings. The van der Waals surface area contributed by atoms with Crippen LogP contribution in [0.15, 0.2) is 11.1 Å². The van der Waals surface area contributed by atoms with Gasteiger partial charge in [0.1, 0.15) is 4.90 Å². The summed E-state index contributed by atoms with van der Waals surface area (Å²) in [5, 5.41) is 15.6. The Morgan fingerprint density at radius 3 is 2.38 bits per heavy atom. The molecule has 21 heavy (non-hydrogen) atoms. The second kappa shape index (κ2) is 4.97. The van der Waals surface area contributed by atoms with Crippen LogP contribution in [0.5, 0.6) is 0 Å². The Kier molecular flexibility index (Phi) is 3.59. The maximum absolute atomic E-state index is 12.3. The van der Waals surface area contributed by atoms with Gasteiger partial charge in [-0.2, -0.15) is 10.2 Å². The molecule has 0 spiro atoms. The number of carbonyl (C=O) groups is 1. The number of amides is 1. The van der Waals surface area contributed by atoms with Crippen molar-refractivity contribution in [1.29, 1.82) is 0 Å². The molecule has 0 aliphatic carbocycles. The van der Waals surface area contributed by atoms with Gasteiger partial charge in [0.25, 0.3) is 5.91 Å². The minimum Gasteiger partial charge on any atom is -0.304 e. The van der Waals surface area contributed by atoms with E-state index in [4.69, 9.17) is 5.14 Å². The van der Waals surface area contributed by atoms with Gasteiger partial charge in [-0.1, -0.05) is 0 Å². The number of aromatic nitrogens is 4. The molecule has 0 aliphatic heterocycles. The number of aryl methyl sites for hydroxylation is 3. The molecule has 2 aromatic heterocycles. The van der Waals surface area contributed by atoms with E-state index in [2.05, 4.69) is 15.5 Å². The number of sulfonamides is 1. The quantitative estimate of drug-likeness (QED) is 0.803. The van der Waals surface area contributed by atoms with Crippen LogP contribution in [0.4, 0.5) is 5.82 Å². The third kappa shape index (κ3) is 2.81. The SMILES string of the molecule is Cc1nn(C)c(C)c1C(=O)Nc1nn(C)cc1S(N)(=O)=O. The van der Waals surface area contributed by atoms with Crippen molar-refractivity contribution in [3.63, 3.8) is 0 Å². The van der Waals surface area contributed by atoms with Crippen LogP contribution in [-0.4, -0.2) is 33.9 Å². The van der Waals surface area contributed by atoms with Crippen molar-refractivity contribution >= 4 is 21.7 Å². The van der Waals surface area contributed by atoms with Crippen LogP contribution in [0.1, 0.15) is 21.7 Å². The van der Waals surface area contributed by atoms with Gasteiger partial charge in [-0.05, 0) is 13.8 Å². The van der Waals surface area contributed by atoms with Crippen molar-refractivity contribution in [2.75, 3.05) is 5.32 Å². The Balaban J connectivity index is 2.41. The lowest BCUT2D eigenvalue weighted by atomic mass is 10.2. The molecule has 10 heteroatoms. The van der Waals surface area contributed by atoms with E-state index in [1.54, 1.807) is 25.6 Å². The lowest BCUT2D eigenvalue weighted by molar-refractivity contribution is 0.102. The zero-order valence-corrected chi connectivity index (χ0v) is 12.9. The summed E-state index contributed by atoms with van der Waals surface area (Å²) in [4.78, 5) is 12.1. The molecule has 0 atom stereocenters. The van der Waals surface area contributed by atoms with E-state index in [0.717, 1.165) is 0 Å². The van der Waals surface area contributed by atoms with Gasteiger partial charge in [0, 0.05) is 26.0 Å². The van der Waals surface area contributed by atoms with Gasteiger partial charge in [-0.3, -0.25) is 14.2 Å². The van der Waals surface area contributed by atoms with Gasteiger partial charge < -0.3 is 5.32 Å². The summed E-state index contributed by atoms with van der Waals surface area (Å²) in [6, 6.07) is 0. The van der Waals surface area contributed by atoms with E-state index < -0.39 is 15.9 Å². The Morgan fingerprint density at radius 2 is 1.90 bits per heavy atom. The van der Waals surface area contributed by atoms with Crippen molar-refractivity contribution in [3.05, 3.63) is 23.1 Å². The molecule has 114 valence electrons. The van der Waals surface area contributed by atoms with Crippen molar-refractivity contribution in [3.8, 4) is 0 Å². The summed E-state index contributed by atoms with van der Waals surface area (Å²) in [6.45, 7) is 3.44. The Bertz CT molecular complexity index is 817. The average molecular weight is 312 g/mol. The van der Waals surface area contributed by atoms with E-state index in [1.807, 2.05) is 0 Å². The molecule has 0 unspecified atom stereocenters. The molecule has 0 radical (unpaired) electrons. The van der Waals surface area contributed by atoms with Gasteiger partial charge in [-0.25, -0.2) is 13.6 Å². The highest BCUT2D eigenvalue weighted by molar-refractivity contribution is 7.89. The number of nitrogens with one attached hydrogen (secondary N) is 1. The van der Waals surface area contributed by atoms with Gasteiger partial charge in [0.05, 0.1) is 11.3 Å². The van der Waals surface area contributed by atoms with Crippen molar-refractivity contribution in [2.45, 2.75) is 18.7 Å². The second-order valence-corrected chi connectivity index (χ2v) is 6.21. The Labute approximate surface area is 121 Å². The number of hydrogen-bond donors (Lipinski definition) is 2. The molecular weight excluding hydrogens is 296 g/mol. The minimum atomic E-state index is -3.97. The van der Waals surface area contributed by atoms with Gasteiger partial charge in [0.15, 0.2) is 5.82 Å². The van der Waals surface area contributed by atoms with Crippen molar-refractivity contribution < 1.29 is 13.2 Å². The first-order valence-corrected chi connectivity index (χ1v) is 7.54. The van der Waals surface area contributed by atoms with Crippen LogP contribution in [0.25, 0.3) is 0 Å². The molecule has 0 bridgehead atoms. The molecule has 0 saturated heterocycles. The normalized spacial score (nSPS) is 11.7. The molecule has 2 aromatic rings. The number of nitrogens with zero attached hydrogens (tertiary/aromatic N) is 4. The van der Waals surface area contributed by atoms with E-state index in [0.29, 0.717) is 17.0 Å². The zero-order chi connectivity index (χ0) is 15.9. The zero-order valence-electron chi connectivity index (χ0n) is 12.1. The summed E-state index contributed by atoms with van der Waals surface area (Å²) in [5.74, 6) is -0.589. The van der Waals surface area contributed by atoms with Gasteiger partial charge >= 0.3 is 0 Å². The summed E-state index contributed by atoms with van der Waals surface area (Å²) >= 11 is 0. The summed E-state index contributed by atoms with van der Waals surface area (Å²) in [5.41, 5.74) is 1.59. The maximum atomic E-state index is 12.3. The fourth-order valence-corrected chi connectivity index (χ4v) is 2.69. The lowest BCUT2D eigenvalue weighted by Gasteiger charge is -2.04. The first-order chi connectivity index (χ1) is 9.61. The van der Waals surface area contributed by atoms with Crippen molar-refractivity contribution in [1.82, 2.24) is 19.6 Å². The smallest absolute Gasteiger partial charge is 0.260 e. The fourth-order valence-electron chi connectivity index (χ4n) is 2.03. The molecule has 2 rings (SSSR count). The fraction of sp³-hybridized carbons (Fsp3) is 0.364. The molecule has 0 aromatic carbocycles. The molecule has 9 nitrogen and oxygen atoms in total. The third-order valence-corrected chi connectivity index (χ3v) is 3.98. The predicted molar refractivity (Wildman–Crippen MR) is 75.2 cm³/mol. The first-order valence-electron chi connectivity index (χ1n) is 5.99. The molecule has 0 saturated carbocycles. The van der Waals surface area contributed by atoms with Crippen LogP contribution in [0.3, 0.4) is 0 Å². The molecule has 2 heterocycles. The first kappa shape index (κ1) is 15.2. The lowest BCUT2D eigenvalue weighted by Crippen LogP contribution is -2.18. The second-order valence-electron chi connectivity index (χ2n) is 4.68. The van der Waals surface area contributed by atoms with E-state index in [1.165, 1.54) is 17.9 Å². The van der Waals surface area contributed by atoms with Gasteiger partial charge in [0.2, 0.25) is 10.0 Å². The highest BCUT2D eigenvalue weighted by atomic mass is 32.2.